The fourth-order valence-corrected chi connectivity index (χ4v) is 2.22. The van der Waals surface area contributed by atoms with Gasteiger partial charge in [-0.2, -0.15) is 0 Å². The SMILES string of the molecule is COC(=O)C(N)CCN1CCN(c2ncccn2)CC1. The van der Waals surface area contributed by atoms with Crippen LogP contribution < -0.4 is 10.6 Å². The average Bonchev–Trinajstić information content (AvgIpc) is 2.53. The van der Waals surface area contributed by atoms with Crippen molar-refractivity contribution in [2.45, 2.75) is 12.5 Å². The van der Waals surface area contributed by atoms with E-state index in [-0.39, 0.29) is 5.97 Å². The van der Waals surface area contributed by atoms with E-state index in [0.29, 0.717) is 6.42 Å². The van der Waals surface area contributed by atoms with Crippen molar-refractivity contribution in [3.63, 3.8) is 0 Å². The standard InChI is InChI=1S/C13H21N5O2/c1-20-12(19)11(14)3-6-17-7-9-18(10-8-17)13-15-4-2-5-16-13/h2,4-5,11H,3,6-10,14H2,1H3. The highest BCUT2D eigenvalue weighted by Gasteiger charge is 2.20. The molecule has 2 N–H and O–H groups in total. The third-order valence-corrected chi connectivity index (χ3v) is 3.47. The maximum Gasteiger partial charge on any atom is 0.322 e. The minimum Gasteiger partial charge on any atom is -0.468 e. The van der Waals surface area contributed by atoms with Gasteiger partial charge in [0.2, 0.25) is 5.95 Å². The molecule has 20 heavy (non-hydrogen) atoms. The molecule has 1 atom stereocenters. The molecule has 1 saturated heterocycles. The Morgan fingerprint density at radius 3 is 2.60 bits per heavy atom. The number of aromatic nitrogens is 2. The molecular formula is C13H21N5O2. The zero-order valence-electron chi connectivity index (χ0n) is 11.7. The lowest BCUT2D eigenvalue weighted by molar-refractivity contribution is -0.142. The number of hydrogen-bond donors (Lipinski definition) is 1. The van der Waals surface area contributed by atoms with E-state index < -0.39 is 6.04 Å². The molecule has 2 rings (SSSR count). The highest BCUT2D eigenvalue weighted by molar-refractivity contribution is 5.75. The third kappa shape index (κ3) is 3.88. The van der Waals surface area contributed by atoms with Gasteiger partial charge in [-0.25, -0.2) is 9.97 Å². The second-order valence-corrected chi connectivity index (χ2v) is 4.80. The van der Waals surface area contributed by atoms with Crippen molar-refractivity contribution in [2.24, 2.45) is 5.73 Å². The number of hydrogen-bond acceptors (Lipinski definition) is 7. The van der Waals surface area contributed by atoms with Crippen molar-refractivity contribution < 1.29 is 9.53 Å². The summed E-state index contributed by atoms with van der Waals surface area (Å²) >= 11 is 0. The van der Waals surface area contributed by atoms with Crippen molar-refractivity contribution in [2.75, 3.05) is 44.7 Å². The number of carbonyl (C=O) groups is 1. The third-order valence-electron chi connectivity index (χ3n) is 3.47. The highest BCUT2D eigenvalue weighted by Crippen LogP contribution is 2.10. The van der Waals surface area contributed by atoms with Crippen LogP contribution in [0.4, 0.5) is 5.95 Å². The zero-order chi connectivity index (χ0) is 14.4. The molecule has 1 aliphatic heterocycles. The molecule has 0 aliphatic carbocycles. The predicted molar refractivity (Wildman–Crippen MR) is 75.3 cm³/mol. The Morgan fingerprint density at radius 2 is 2.00 bits per heavy atom. The minimum absolute atomic E-state index is 0.346. The monoisotopic (exact) mass is 279 g/mol. The van der Waals surface area contributed by atoms with E-state index in [0.717, 1.165) is 38.7 Å². The van der Waals surface area contributed by atoms with Crippen LogP contribution in [-0.4, -0.2) is 66.7 Å². The molecule has 0 spiro atoms. The first-order valence-electron chi connectivity index (χ1n) is 6.78. The summed E-state index contributed by atoms with van der Waals surface area (Å²) < 4.78 is 4.62. The Kier molecular flexibility index (Phi) is 5.25. The van der Waals surface area contributed by atoms with E-state index in [4.69, 9.17) is 5.73 Å². The zero-order valence-corrected chi connectivity index (χ0v) is 11.7. The van der Waals surface area contributed by atoms with Crippen LogP contribution in [-0.2, 0) is 9.53 Å². The second kappa shape index (κ2) is 7.16. The lowest BCUT2D eigenvalue weighted by Gasteiger charge is -2.34. The molecule has 0 saturated carbocycles. The largest absolute Gasteiger partial charge is 0.468 e. The molecule has 110 valence electrons. The van der Waals surface area contributed by atoms with Crippen LogP contribution in [0.25, 0.3) is 0 Å². The second-order valence-electron chi connectivity index (χ2n) is 4.80. The molecular weight excluding hydrogens is 258 g/mol. The van der Waals surface area contributed by atoms with Crippen molar-refractivity contribution in [3.05, 3.63) is 18.5 Å². The summed E-state index contributed by atoms with van der Waals surface area (Å²) in [6.07, 6.45) is 4.13. The lowest BCUT2D eigenvalue weighted by Crippen LogP contribution is -2.48. The number of carbonyl (C=O) groups excluding carboxylic acids is 1. The molecule has 0 bridgehead atoms. The van der Waals surface area contributed by atoms with E-state index in [1.165, 1.54) is 7.11 Å². The first kappa shape index (κ1) is 14.7. The maximum atomic E-state index is 11.2. The number of piperazine rings is 1. The van der Waals surface area contributed by atoms with Crippen LogP contribution in [0.5, 0.6) is 0 Å². The van der Waals surface area contributed by atoms with Gasteiger partial charge < -0.3 is 15.4 Å². The normalized spacial score (nSPS) is 17.8. The summed E-state index contributed by atoms with van der Waals surface area (Å²) in [6.45, 7) is 4.42. The number of esters is 1. The summed E-state index contributed by atoms with van der Waals surface area (Å²) in [7, 11) is 1.36. The lowest BCUT2D eigenvalue weighted by atomic mass is 10.2. The molecule has 1 fully saturated rings. The molecule has 7 heteroatoms. The number of rotatable bonds is 5. The molecule has 1 aromatic rings. The van der Waals surface area contributed by atoms with E-state index in [1.54, 1.807) is 12.4 Å². The van der Waals surface area contributed by atoms with Gasteiger partial charge in [-0.1, -0.05) is 0 Å². The van der Waals surface area contributed by atoms with Gasteiger partial charge in [-0.05, 0) is 12.5 Å². The average molecular weight is 279 g/mol. The van der Waals surface area contributed by atoms with Crippen LogP contribution in [0, 0.1) is 0 Å². The van der Waals surface area contributed by atoms with Gasteiger partial charge in [0.1, 0.15) is 6.04 Å². The molecule has 7 nitrogen and oxygen atoms in total. The summed E-state index contributed by atoms with van der Waals surface area (Å²) in [5.41, 5.74) is 5.73. The number of nitrogens with two attached hydrogens (primary N) is 1. The molecule has 0 aromatic carbocycles. The minimum atomic E-state index is -0.532. The summed E-state index contributed by atoms with van der Waals surface area (Å²) in [5, 5.41) is 0. The quantitative estimate of drug-likeness (QED) is 0.727. The number of ether oxygens (including phenoxy) is 1. The summed E-state index contributed by atoms with van der Waals surface area (Å²) in [5.74, 6) is 0.430. The molecule has 1 unspecified atom stereocenters. The summed E-state index contributed by atoms with van der Waals surface area (Å²) in [6, 6.07) is 1.28. The van der Waals surface area contributed by atoms with Crippen molar-refractivity contribution >= 4 is 11.9 Å². The number of nitrogens with zero attached hydrogens (tertiary/aromatic N) is 4. The molecule has 1 aliphatic rings. The van der Waals surface area contributed by atoms with Gasteiger partial charge in [0.15, 0.2) is 0 Å². The van der Waals surface area contributed by atoms with E-state index >= 15 is 0 Å². The van der Waals surface area contributed by atoms with Gasteiger partial charge in [0, 0.05) is 45.1 Å². The smallest absolute Gasteiger partial charge is 0.322 e. The van der Waals surface area contributed by atoms with Crippen LogP contribution in [0.2, 0.25) is 0 Å². The molecule has 2 heterocycles. The topological polar surface area (TPSA) is 84.6 Å². The van der Waals surface area contributed by atoms with Crippen LogP contribution >= 0.6 is 0 Å². The first-order chi connectivity index (χ1) is 9.70. The van der Waals surface area contributed by atoms with Crippen LogP contribution in [0.1, 0.15) is 6.42 Å². The molecule has 1 aromatic heterocycles. The molecule has 0 radical (unpaired) electrons. The van der Waals surface area contributed by atoms with Crippen LogP contribution in [0.15, 0.2) is 18.5 Å². The van der Waals surface area contributed by atoms with Gasteiger partial charge in [-0.3, -0.25) is 9.69 Å². The fraction of sp³-hybridized carbons (Fsp3) is 0.615. The Hall–Kier alpha value is -1.73. The van der Waals surface area contributed by atoms with Gasteiger partial charge in [-0.15, -0.1) is 0 Å². The summed E-state index contributed by atoms with van der Waals surface area (Å²) in [4.78, 5) is 24.2. The Bertz CT molecular complexity index is 420. The van der Waals surface area contributed by atoms with E-state index in [9.17, 15) is 4.79 Å². The van der Waals surface area contributed by atoms with Crippen molar-refractivity contribution in [1.29, 1.82) is 0 Å². The number of methoxy groups -OCH3 is 1. The first-order valence-corrected chi connectivity index (χ1v) is 6.78. The Morgan fingerprint density at radius 1 is 1.35 bits per heavy atom. The number of anilines is 1. The van der Waals surface area contributed by atoms with Crippen molar-refractivity contribution in [1.82, 2.24) is 14.9 Å². The highest BCUT2D eigenvalue weighted by atomic mass is 16.5. The fourth-order valence-electron chi connectivity index (χ4n) is 2.22. The van der Waals surface area contributed by atoms with E-state index in [2.05, 4.69) is 24.5 Å². The van der Waals surface area contributed by atoms with Gasteiger partial charge in [0.25, 0.3) is 0 Å². The van der Waals surface area contributed by atoms with Gasteiger partial charge in [0.05, 0.1) is 7.11 Å². The molecule has 0 amide bonds. The Balaban J connectivity index is 1.73. The van der Waals surface area contributed by atoms with E-state index in [1.807, 2.05) is 6.07 Å². The predicted octanol–water partition coefficient (Wildman–Crippen LogP) is -0.511. The maximum absolute atomic E-state index is 11.2. The van der Waals surface area contributed by atoms with Crippen molar-refractivity contribution in [3.8, 4) is 0 Å². The Labute approximate surface area is 118 Å². The van der Waals surface area contributed by atoms with Crippen LogP contribution in [0.3, 0.4) is 0 Å². The van der Waals surface area contributed by atoms with Gasteiger partial charge >= 0.3 is 5.97 Å².